The predicted molar refractivity (Wildman–Crippen MR) is 32.0 cm³/mol. The van der Waals surface area contributed by atoms with Gasteiger partial charge in [-0.15, -0.1) is 0 Å². The molecule has 10 heavy (non-hydrogen) atoms. The minimum atomic E-state index is -1.63. The molecule has 0 amide bonds. The molecule has 0 saturated carbocycles. The molecule has 3 nitrogen and oxygen atoms in total. The van der Waals surface area contributed by atoms with Crippen LogP contribution in [0, 0.1) is 0 Å². The van der Waals surface area contributed by atoms with Crippen LogP contribution in [0.2, 0.25) is 0 Å². The average molecular weight is 148 g/mol. The summed E-state index contributed by atoms with van der Waals surface area (Å²) in [5.41, 5.74) is 0. The van der Waals surface area contributed by atoms with E-state index in [-0.39, 0.29) is 12.2 Å². The number of halogens is 1. The Bertz CT molecular complexity index is 142. The average Bonchev–Trinajstić information content (AvgIpc) is 1.58. The zero-order chi connectivity index (χ0) is 8.15. The summed E-state index contributed by atoms with van der Waals surface area (Å²) in [6.45, 7) is 2.32. The molecule has 0 aliphatic carbocycles. The standard InChI is InChI=1S/C6H9FO3/c1-4(8)3-6(9)10-5(2)7/h5H,3H2,1-2H3. The second-order valence-corrected chi connectivity index (χ2v) is 1.91. The summed E-state index contributed by atoms with van der Waals surface area (Å²) in [4.78, 5) is 20.6. The summed E-state index contributed by atoms with van der Waals surface area (Å²) in [5.74, 6) is -1.15. The molecule has 0 aliphatic heterocycles. The van der Waals surface area contributed by atoms with Crippen molar-refractivity contribution in [3.05, 3.63) is 0 Å². The first-order chi connectivity index (χ1) is 4.52. The molecule has 0 bridgehead atoms. The van der Waals surface area contributed by atoms with E-state index in [0.717, 1.165) is 6.92 Å². The summed E-state index contributed by atoms with van der Waals surface area (Å²) in [6, 6.07) is 0. The number of hydrogen-bond donors (Lipinski definition) is 0. The van der Waals surface area contributed by atoms with Crippen molar-refractivity contribution in [1.29, 1.82) is 0 Å². The Labute approximate surface area is 58.2 Å². The van der Waals surface area contributed by atoms with Gasteiger partial charge in [0.25, 0.3) is 0 Å². The maximum Gasteiger partial charge on any atom is 0.315 e. The van der Waals surface area contributed by atoms with Crippen molar-refractivity contribution in [2.45, 2.75) is 26.6 Å². The summed E-state index contributed by atoms with van der Waals surface area (Å²) >= 11 is 0. The van der Waals surface area contributed by atoms with E-state index in [1.165, 1.54) is 6.92 Å². The van der Waals surface area contributed by atoms with E-state index in [1.54, 1.807) is 0 Å². The SMILES string of the molecule is CC(=O)CC(=O)OC(C)F. The van der Waals surface area contributed by atoms with Gasteiger partial charge in [-0.3, -0.25) is 9.59 Å². The number of ether oxygens (including phenoxy) is 1. The van der Waals surface area contributed by atoms with Crippen LogP contribution in [0.25, 0.3) is 0 Å². The summed E-state index contributed by atoms with van der Waals surface area (Å²) in [5, 5.41) is 0. The molecule has 1 atom stereocenters. The van der Waals surface area contributed by atoms with Crippen LogP contribution in [0.1, 0.15) is 20.3 Å². The van der Waals surface area contributed by atoms with Gasteiger partial charge in [0.1, 0.15) is 12.2 Å². The van der Waals surface area contributed by atoms with Crippen LogP contribution >= 0.6 is 0 Å². The molecule has 4 heteroatoms. The van der Waals surface area contributed by atoms with E-state index in [2.05, 4.69) is 4.74 Å². The second kappa shape index (κ2) is 3.98. The lowest BCUT2D eigenvalue weighted by Gasteiger charge is -2.01. The molecule has 0 radical (unpaired) electrons. The monoisotopic (exact) mass is 148 g/mol. The molecule has 0 aliphatic rings. The van der Waals surface area contributed by atoms with Crippen molar-refractivity contribution < 1.29 is 18.7 Å². The van der Waals surface area contributed by atoms with E-state index < -0.39 is 12.3 Å². The van der Waals surface area contributed by atoms with Gasteiger partial charge in [-0.1, -0.05) is 0 Å². The van der Waals surface area contributed by atoms with Crippen LogP contribution in [0.15, 0.2) is 0 Å². The number of rotatable bonds is 3. The number of ketones is 1. The van der Waals surface area contributed by atoms with E-state index in [9.17, 15) is 14.0 Å². The maximum absolute atomic E-state index is 11.8. The molecule has 58 valence electrons. The Morgan fingerprint density at radius 3 is 2.40 bits per heavy atom. The molecule has 1 unspecified atom stereocenters. The van der Waals surface area contributed by atoms with E-state index >= 15 is 0 Å². The first-order valence-electron chi connectivity index (χ1n) is 2.85. The quantitative estimate of drug-likeness (QED) is 0.439. The highest BCUT2D eigenvalue weighted by atomic mass is 19.1. The van der Waals surface area contributed by atoms with Gasteiger partial charge in [0.15, 0.2) is 0 Å². The minimum absolute atomic E-state index is 0.328. The first kappa shape index (κ1) is 9.07. The van der Waals surface area contributed by atoms with Crippen molar-refractivity contribution in [2.75, 3.05) is 0 Å². The van der Waals surface area contributed by atoms with Crippen molar-refractivity contribution >= 4 is 11.8 Å². The van der Waals surface area contributed by atoms with Gasteiger partial charge in [0.2, 0.25) is 6.36 Å². The third-order valence-corrected chi connectivity index (χ3v) is 0.687. The Morgan fingerprint density at radius 1 is 1.60 bits per heavy atom. The minimum Gasteiger partial charge on any atom is -0.431 e. The van der Waals surface area contributed by atoms with Gasteiger partial charge >= 0.3 is 5.97 Å². The maximum atomic E-state index is 11.8. The Kier molecular flexibility index (Phi) is 3.61. The Balaban J connectivity index is 3.54. The second-order valence-electron chi connectivity index (χ2n) is 1.91. The lowest BCUT2D eigenvalue weighted by molar-refractivity contribution is -0.157. The molecule has 0 rings (SSSR count). The van der Waals surface area contributed by atoms with Crippen LogP contribution in [0.3, 0.4) is 0 Å². The lowest BCUT2D eigenvalue weighted by atomic mass is 10.3. The number of alkyl halides is 1. The zero-order valence-electron chi connectivity index (χ0n) is 5.89. The van der Waals surface area contributed by atoms with Crippen molar-refractivity contribution in [2.24, 2.45) is 0 Å². The molecule has 0 N–H and O–H groups in total. The Hall–Kier alpha value is -0.930. The number of carbonyl (C=O) groups is 2. The Morgan fingerprint density at radius 2 is 2.10 bits per heavy atom. The predicted octanol–water partition coefficient (Wildman–Crippen LogP) is 0.824. The van der Waals surface area contributed by atoms with Crippen molar-refractivity contribution in [1.82, 2.24) is 0 Å². The summed E-state index contributed by atoms with van der Waals surface area (Å²) in [6.07, 6.45) is -1.99. The van der Waals surface area contributed by atoms with Crippen molar-refractivity contribution in [3.8, 4) is 0 Å². The van der Waals surface area contributed by atoms with Gasteiger partial charge in [-0.2, -0.15) is 0 Å². The van der Waals surface area contributed by atoms with E-state index in [0.29, 0.717) is 0 Å². The molecule has 0 aromatic rings. The third kappa shape index (κ3) is 5.21. The molecule has 0 heterocycles. The molecule has 0 aromatic heterocycles. The highest BCUT2D eigenvalue weighted by Crippen LogP contribution is 1.95. The molecular formula is C6H9FO3. The number of hydrogen-bond acceptors (Lipinski definition) is 3. The van der Waals surface area contributed by atoms with Crippen LogP contribution in [0.5, 0.6) is 0 Å². The van der Waals surface area contributed by atoms with Crippen LogP contribution in [-0.2, 0) is 14.3 Å². The van der Waals surface area contributed by atoms with E-state index in [1.807, 2.05) is 0 Å². The normalized spacial score (nSPS) is 12.3. The van der Waals surface area contributed by atoms with Crippen molar-refractivity contribution in [3.63, 3.8) is 0 Å². The molecular weight excluding hydrogens is 139 g/mol. The van der Waals surface area contributed by atoms with Crippen LogP contribution in [0.4, 0.5) is 4.39 Å². The highest BCUT2D eigenvalue weighted by molar-refractivity contribution is 5.94. The van der Waals surface area contributed by atoms with Crippen LogP contribution in [-0.4, -0.2) is 18.1 Å². The number of Topliss-reactive ketones (excluding diaryl/α,β-unsaturated/α-hetero) is 1. The molecule has 0 fully saturated rings. The topological polar surface area (TPSA) is 43.4 Å². The largest absolute Gasteiger partial charge is 0.431 e. The number of carbonyl (C=O) groups excluding carboxylic acids is 2. The molecule has 0 saturated heterocycles. The molecule has 0 aromatic carbocycles. The zero-order valence-corrected chi connectivity index (χ0v) is 5.89. The highest BCUT2D eigenvalue weighted by Gasteiger charge is 2.09. The van der Waals surface area contributed by atoms with Gasteiger partial charge in [0, 0.05) is 6.92 Å². The fourth-order valence-corrected chi connectivity index (χ4v) is 0.426. The summed E-state index contributed by atoms with van der Waals surface area (Å²) in [7, 11) is 0. The van der Waals surface area contributed by atoms with Crippen LogP contribution < -0.4 is 0 Å². The summed E-state index contributed by atoms with van der Waals surface area (Å²) < 4.78 is 15.9. The molecule has 0 spiro atoms. The van der Waals surface area contributed by atoms with Gasteiger partial charge < -0.3 is 4.74 Å². The first-order valence-corrected chi connectivity index (χ1v) is 2.85. The van der Waals surface area contributed by atoms with Gasteiger partial charge in [-0.05, 0) is 6.92 Å². The van der Waals surface area contributed by atoms with E-state index in [4.69, 9.17) is 0 Å². The fraction of sp³-hybridized carbons (Fsp3) is 0.667. The van der Waals surface area contributed by atoms with Gasteiger partial charge in [0.05, 0.1) is 0 Å². The fourth-order valence-electron chi connectivity index (χ4n) is 0.426. The smallest absolute Gasteiger partial charge is 0.315 e. The number of esters is 1. The van der Waals surface area contributed by atoms with Gasteiger partial charge in [-0.25, -0.2) is 4.39 Å². The third-order valence-electron chi connectivity index (χ3n) is 0.687. The lowest BCUT2D eigenvalue weighted by Crippen LogP contribution is -2.12.